The number of nitrogens with two attached hydrogens (primary N) is 3. The van der Waals surface area contributed by atoms with Crippen molar-refractivity contribution in [2.75, 3.05) is 30.2 Å². The van der Waals surface area contributed by atoms with Gasteiger partial charge >= 0.3 is 15.4 Å². The van der Waals surface area contributed by atoms with Crippen molar-refractivity contribution in [3.63, 3.8) is 0 Å². The van der Waals surface area contributed by atoms with Gasteiger partial charge in [0.15, 0.2) is 47.7 Å². The molecule has 2 bridgehead atoms. The van der Waals surface area contributed by atoms with Crippen molar-refractivity contribution in [2.24, 2.45) is 0 Å². The fraction of sp³-hybridized carbons (Fsp3) is 0.500. The SMILES string of the molecule is Nc1nc(N)c2ncn([C@@H]3O[C@@H]4COP(=O)(O)OC5C(O)[C@@H](OCP(=O)(O)OC4C3O)O[C@H]5n3cnc4c(=O)[nH]c(N)nc43)c2n1. The van der Waals surface area contributed by atoms with Crippen molar-refractivity contribution >= 4 is 55.5 Å². The van der Waals surface area contributed by atoms with E-state index in [0.717, 1.165) is 10.9 Å². The minimum absolute atomic E-state index is 0.0365. The Hall–Kier alpha value is -3.64. The van der Waals surface area contributed by atoms with Gasteiger partial charge in [-0.15, -0.1) is 0 Å². The monoisotopic (exact) mass is 689 g/mol. The molecule has 3 aliphatic rings. The summed E-state index contributed by atoms with van der Waals surface area (Å²) in [5, 5.41) is 22.1. The van der Waals surface area contributed by atoms with Gasteiger partial charge < -0.3 is 51.4 Å². The van der Waals surface area contributed by atoms with Gasteiger partial charge in [-0.1, -0.05) is 0 Å². The number of aromatic amines is 1. The first-order valence-electron chi connectivity index (χ1n) is 13.1. The minimum Gasteiger partial charge on any atom is -0.386 e. The highest BCUT2D eigenvalue weighted by Gasteiger charge is 2.54. The number of ether oxygens (including phenoxy) is 3. The lowest BCUT2D eigenvalue weighted by molar-refractivity contribution is -0.168. The molecule has 46 heavy (non-hydrogen) atoms. The number of rotatable bonds is 2. The lowest BCUT2D eigenvalue weighted by Crippen LogP contribution is -2.36. The second-order valence-corrected chi connectivity index (χ2v) is 13.5. The quantitative estimate of drug-likeness (QED) is 0.0988. The van der Waals surface area contributed by atoms with Crippen molar-refractivity contribution in [1.29, 1.82) is 0 Å². The van der Waals surface area contributed by atoms with Crippen LogP contribution in [0.5, 0.6) is 0 Å². The van der Waals surface area contributed by atoms with Crippen LogP contribution in [-0.4, -0.2) is 109 Å². The van der Waals surface area contributed by atoms with E-state index in [1.165, 1.54) is 10.9 Å². The zero-order valence-electron chi connectivity index (χ0n) is 22.9. The van der Waals surface area contributed by atoms with Gasteiger partial charge in [-0.3, -0.25) is 37.0 Å². The highest BCUT2D eigenvalue weighted by molar-refractivity contribution is 7.52. The van der Waals surface area contributed by atoms with Crippen LogP contribution >= 0.6 is 15.4 Å². The number of nitrogens with one attached hydrogen (secondary N) is 1. The van der Waals surface area contributed by atoms with Crippen LogP contribution in [0.3, 0.4) is 0 Å². The number of anilines is 3. The van der Waals surface area contributed by atoms with E-state index in [-0.39, 0.29) is 40.0 Å². The molecule has 0 radical (unpaired) electrons. The van der Waals surface area contributed by atoms with Crippen molar-refractivity contribution in [3.05, 3.63) is 23.0 Å². The second kappa shape index (κ2) is 11.0. The van der Waals surface area contributed by atoms with Gasteiger partial charge in [0, 0.05) is 0 Å². The molecule has 0 aromatic carbocycles. The molecule has 0 spiro atoms. The van der Waals surface area contributed by atoms with E-state index < -0.39 is 83.2 Å². The van der Waals surface area contributed by atoms with Crippen LogP contribution < -0.4 is 22.8 Å². The van der Waals surface area contributed by atoms with Crippen LogP contribution in [0.2, 0.25) is 0 Å². The first-order valence-corrected chi connectivity index (χ1v) is 16.4. The Labute approximate surface area is 254 Å². The number of phosphoric acid groups is 1. The van der Waals surface area contributed by atoms with Crippen LogP contribution in [0.1, 0.15) is 12.5 Å². The average Bonchev–Trinajstić information content (AvgIpc) is 3.72. The van der Waals surface area contributed by atoms with Crippen molar-refractivity contribution in [3.8, 4) is 0 Å². The second-order valence-electron chi connectivity index (χ2n) is 10.3. The molecule has 248 valence electrons. The Bertz CT molecular complexity index is 1990. The van der Waals surface area contributed by atoms with E-state index in [9.17, 15) is 33.9 Å². The van der Waals surface area contributed by atoms with E-state index in [4.69, 9.17) is 45.0 Å². The summed E-state index contributed by atoms with van der Waals surface area (Å²) in [7, 11) is -9.97. The first-order chi connectivity index (χ1) is 21.7. The molecule has 3 fully saturated rings. The molecule has 0 amide bonds. The van der Waals surface area contributed by atoms with Gasteiger partial charge in [0.05, 0.1) is 19.3 Å². The molecule has 4 aromatic heterocycles. The smallest absolute Gasteiger partial charge is 0.386 e. The summed E-state index contributed by atoms with van der Waals surface area (Å²) in [4.78, 5) is 55.8. The Morgan fingerprint density at radius 1 is 0.891 bits per heavy atom. The fourth-order valence-electron chi connectivity index (χ4n) is 5.32. The molecule has 26 heteroatoms. The zero-order chi connectivity index (χ0) is 32.7. The molecule has 6 unspecified atom stereocenters. The van der Waals surface area contributed by atoms with Gasteiger partial charge in [0.1, 0.15) is 36.0 Å². The van der Waals surface area contributed by atoms with Crippen LogP contribution in [-0.2, 0) is 36.9 Å². The molecule has 3 aliphatic heterocycles. The predicted molar refractivity (Wildman–Crippen MR) is 148 cm³/mol. The lowest BCUT2D eigenvalue weighted by atomic mass is 10.1. The molecule has 3 saturated heterocycles. The summed E-state index contributed by atoms with van der Waals surface area (Å²) < 4.78 is 61.4. The topological polar surface area (TPSA) is 356 Å². The maximum Gasteiger partial charge on any atom is 0.472 e. The molecule has 0 saturated carbocycles. The third-order valence-electron chi connectivity index (χ3n) is 7.29. The Morgan fingerprint density at radius 2 is 1.59 bits per heavy atom. The van der Waals surface area contributed by atoms with E-state index in [1.54, 1.807) is 0 Å². The Morgan fingerprint density at radius 3 is 2.35 bits per heavy atom. The van der Waals surface area contributed by atoms with Crippen LogP contribution in [0, 0.1) is 0 Å². The maximum atomic E-state index is 13.2. The minimum atomic E-state index is -5.15. The largest absolute Gasteiger partial charge is 0.472 e. The number of nitrogens with zero attached hydrogens (tertiary/aromatic N) is 7. The number of hydrogen-bond donors (Lipinski definition) is 8. The van der Waals surface area contributed by atoms with Crippen LogP contribution in [0.4, 0.5) is 17.7 Å². The van der Waals surface area contributed by atoms with Crippen molar-refractivity contribution in [2.45, 2.75) is 49.3 Å². The summed E-state index contributed by atoms with van der Waals surface area (Å²) >= 11 is 0. The number of nitrogen functional groups attached to an aromatic ring is 3. The molecule has 10 atom stereocenters. The van der Waals surface area contributed by atoms with E-state index in [0.29, 0.717) is 0 Å². The van der Waals surface area contributed by atoms with E-state index in [1.807, 2.05) is 0 Å². The normalized spacial score (nSPS) is 37.1. The molecular formula is C20H25N11O13P2. The van der Waals surface area contributed by atoms with Crippen molar-refractivity contribution < 1.29 is 56.9 Å². The van der Waals surface area contributed by atoms with Gasteiger partial charge in [0.25, 0.3) is 5.56 Å². The van der Waals surface area contributed by atoms with Gasteiger partial charge in [0.2, 0.25) is 11.9 Å². The summed E-state index contributed by atoms with van der Waals surface area (Å²) in [6, 6.07) is 0. The molecule has 11 N–H and O–H groups in total. The number of hydrogen-bond acceptors (Lipinski definition) is 19. The van der Waals surface area contributed by atoms with Gasteiger partial charge in [-0.2, -0.15) is 15.0 Å². The lowest BCUT2D eigenvalue weighted by Gasteiger charge is -2.25. The molecule has 0 aliphatic carbocycles. The maximum absolute atomic E-state index is 13.2. The number of aromatic nitrogens is 8. The summed E-state index contributed by atoms with van der Waals surface area (Å²) in [5.41, 5.74) is 16.3. The summed E-state index contributed by atoms with van der Waals surface area (Å²) in [6.45, 7) is -0.849. The molecule has 4 aromatic rings. The third kappa shape index (κ3) is 5.33. The number of aliphatic hydroxyl groups is 2. The predicted octanol–water partition coefficient (Wildman–Crippen LogP) is -2.76. The molecule has 7 rings (SSSR count). The van der Waals surface area contributed by atoms with Gasteiger partial charge in [-0.05, 0) is 0 Å². The number of fused-ring (bicyclic) bond motifs is 5. The van der Waals surface area contributed by atoms with E-state index >= 15 is 0 Å². The average molecular weight is 689 g/mol. The standard InChI is InChI=1S/C20H25N11O13P2/c21-12-6-13(27-19(22)26-12)30(2-24-6)16-8(32)10-5(41-16)1-40-46(37,38)44-11-9(33)18(39-4-45(35,36)43-10)42-17(11)31-3-25-7-14(31)28-20(23)29-15(7)34/h2-3,5,8-11,16-18,32-33H,1,4H2,(H,35,36)(H,37,38)(H4,21,22,26,27)(H3,23,28,29,34)/t5-,8?,9?,10?,11?,16-,17-,18+/m1/s1. The number of phosphoric ester groups is 1. The molecule has 24 nitrogen and oxygen atoms in total. The summed E-state index contributed by atoms with van der Waals surface area (Å²) in [6.07, 6.45) is -12.1. The van der Waals surface area contributed by atoms with Crippen LogP contribution in [0.25, 0.3) is 22.3 Å². The highest BCUT2D eigenvalue weighted by Crippen LogP contribution is 2.53. The number of H-pyrrole nitrogens is 1. The fourth-order valence-corrected chi connectivity index (χ4v) is 7.29. The zero-order valence-corrected chi connectivity index (χ0v) is 24.7. The van der Waals surface area contributed by atoms with Crippen molar-refractivity contribution in [1.82, 2.24) is 39.0 Å². The van der Waals surface area contributed by atoms with E-state index in [2.05, 4.69) is 29.9 Å². The number of aliphatic hydroxyl groups excluding tert-OH is 2. The third-order valence-corrected chi connectivity index (χ3v) is 9.32. The molecule has 7 heterocycles. The van der Waals surface area contributed by atoms with Crippen LogP contribution in [0.15, 0.2) is 17.4 Å². The molecular weight excluding hydrogens is 664 g/mol. The highest BCUT2D eigenvalue weighted by atomic mass is 31.2. The summed E-state index contributed by atoms with van der Waals surface area (Å²) in [5.74, 6) is -0.586. The number of imidazole rings is 2. The Balaban J connectivity index is 1.21. The Kier molecular flexibility index (Phi) is 7.39. The first kappa shape index (κ1) is 31.0. The van der Waals surface area contributed by atoms with Gasteiger partial charge in [-0.25, -0.2) is 14.5 Å².